The highest BCUT2D eigenvalue weighted by molar-refractivity contribution is 7.32. The van der Waals surface area contributed by atoms with Crippen molar-refractivity contribution in [3.05, 3.63) is 192 Å². The average molecular weight is 1060 g/mol. The van der Waals surface area contributed by atoms with Gasteiger partial charge in [0.2, 0.25) is 0 Å². The summed E-state index contributed by atoms with van der Waals surface area (Å²) in [6.07, 6.45) is 2.30. The maximum absolute atomic E-state index is 7.46. The Morgan fingerprint density at radius 2 is 1.15 bits per heavy atom. The Labute approximate surface area is 470 Å². The lowest BCUT2D eigenvalue weighted by molar-refractivity contribution is 0.332. The number of rotatable bonds is 4. The zero-order chi connectivity index (χ0) is 53.8. The first-order valence-electron chi connectivity index (χ1n) is 28.3. The molecule has 1 aliphatic carbocycles. The van der Waals surface area contributed by atoms with Crippen LogP contribution in [0.1, 0.15) is 104 Å². The molecular formula is C72H62BN3OS2. The molecule has 3 aliphatic rings. The van der Waals surface area contributed by atoms with Crippen molar-refractivity contribution in [2.24, 2.45) is 0 Å². The molecule has 0 N–H and O–H groups in total. The van der Waals surface area contributed by atoms with Crippen LogP contribution in [0.3, 0.4) is 0 Å². The largest absolute Gasteiger partial charge is 0.455 e. The minimum atomic E-state index is -0.155. The predicted molar refractivity (Wildman–Crippen MR) is 343 cm³/mol. The summed E-state index contributed by atoms with van der Waals surface area (Å²) in [5.41, 5.74) is 21.1. The monoisotopic (exact) mass is 1060 g/mol. The third-order valence-electron chi connectivity index (χ3n) is 18.5. The van der Waals surface area contributed by atoms with Crippen LogP contribution >= 0.6 is 22.7 Å². The van der Waals surface area contributed by atoms with E-state index in [2.05, 4.69) is 253 Å². The van der Waals surface area contributed by atoms with Crippen LogP contribution in [0.25, 0.3) is 90.8 Å². The highest BCUT2D eigenvalue weighted by Crippen LogP contribution is 2.56. The molecule has 0 bridgehead atoms. The number of anilines is 5. The zero-order valence-corrected chi connectivity index (χ0v) is 48.4. The van der Waals surface area contributed by atoms with Gasteiger partial charge in [-0.05, 0) is 165 Å². The van der Waals surface area contributed by atoms with Gasteiger partial charge in [0, 0.05) is 85.2 Å². The molecule has 16 rings (SSSR count). The molecule has 9 aromatic carbocycles. The molecule has 0 spiro atoms. The Balaban J connectivity index is 1.09. The highest BCUT2D eigenvalue weighted by Gasteiger charge is 2.49. The van der Waals surface area contributed by atoms with Crippen molar-refractivity contribution in [3.8, 4) is 16.8 Å². The smallest absolute Gasteiger partial charge is 0.343 e. The summed E-state index contributed by atoms with van der Waals surface area (Å²) in [6.45, 7) is 23.8. The first-order chi connectivity index (χ1) is 37.9. The second-order valence-electron chi connectivity index (χ2n) is 26.3. The second-order valence-corrected chi connectivity index (χ2v) is 28.5. The Morgan fingerprint density at radius 3 is 1.85 bits per heavy atom. The molecule has 0 radical (unpaired) electrons. The number of furan rings is 1. The van der Waals surface area contributed by atoms with E-state index in [1.54, 1.807) is 0 Å². The lowest BCUT2D eigenvalue weighted by Crippen LogP contribution is -2.59. The number of fused-ring (bicyclic) bond motifs is 19. The van der Waals surface area contributed by atoms with Gasteiger partial charge in [-0.25, -0.2) is 0 Å². The first kappa shape index (κ1) is 47.4. The fourth-order valence-electron chi connectivity index (χ4n) is 14.2. The van der Waals surface area contributed by atoms with E-state index in [1.807, 2.05) is 22.7 Å². The number of benzene rings is 9. The normalized spacial score (nSPS) is 15.5. The van der Waals surface area contributed by atoms with Crippen molar-refractivity contribution in [1.29, 1.82) is 0 Å². The Kier molecular flexibility index (Phi) is 9.64. The van der Waals surface area contributed by atoms with Crippen molar-refractivity contribution in [3.63, 3.8) is 0 Å². The summed E-state index contributed by atoms with van der Waals surface area (Å²) in [4.78, 5) is 5.14. The van der Waals surface area contributed by atoms with Crippen LogP contribution in [0, 0.1) is 0 Å². The van der Waals surface area contributed by atoms with Crippen molar-refractivity contribution >= 4 is 142 Å². The third kappa shape index (κ3) is 6.66. The Bertz CT molecular complexity index is 4710. The molecule has 13 aromatic rings. The van der Waals surface area contributed by atoms with E-state index in [1.165, 1.54) is 124 Å². The number of aromatic nitrogens is 1. The quantitative estimate of drug-likeness (QED) is 0.164. The number of nitrogens with zero attached hydrogens (tertiary/aromatic N) is 3. The third-order valence-corrected chi connectivity index (χ3v) is 20.8. The van der Waals surface area contributed by atoms with Crippen LogP contribution in [0.2, 0.25) is 0 Å². The molecule has 4 aromatic heterocycles. The van der Waals surface area contributed by atoms with Crippen molar-refractivity contribution < 1.29 is 4.42 Å². The van der Waals surface area contributed by atoms with Gasteiger partial charge < -0.3 is 18.7 Å². The maximum Gasteiger partial charge on any atom is 0.343 e. The predicted octanol–water partition coefficient (Wildman–Crippen LogP) is 19.9. The molecule has 0 saturated carbocycles. The molecule has 0 unspecified atom stereocenters. The minimum Gasteiger partial charge on any atom is -0.455 e. The molecule has 7 heteroatoms. The molecule has 386 valence electrons. The number of para-hydroxylation sites is 3. The summed E-state index contributed by atoms with van der Waals surface area (Å²) in [7, 11) is 0. The number of hydrogen-bond acceptors (Lipinski definition) is 5. The molecule has 0 fully saturated rings. The molecule has 2 aliphatic heterocycles. The number of thiophene rings is 2. The summed E-state index contributed by atoms with van der Waals surface area (Å²) in [5.74, 6) is 0. The maximum atomic E-state index is 7.46. The van der Waals surface area contributed by atoms with Gasteiger partial charge in [-0.1, -0.05) is 142 Å². The van der Waals surface area contributed by atoms with Crippen LogP contribution in [0.15, 0.2) is 174 Å². The fourth-order valence-corrected chi connectivity index (χ4v) is 16.6. The summed E-state index contributed by atoms with van der Waals surface area (Å²) in [5, 5.41) is 8.74. The van der Waals surface area contributed by atoms with E-state index in [-0.39, 0.29) is 28.5 Å². The lowest BCUT2D eigenvalue weighted by atomic mass is 9.47. The van der Waals surface area contributed by atoms with E-state index in [0.717, 1.165) is 41.1 Å². The highest BCUT2D eigenvalue weighted by atomic mass is 32.1. The van der Waals surface area contributed by atoms with Crippen LogP contribution in [-0.2, 0) is 21.7 Å². The Hall–Kier alpha value is -7.58. The fraction of sp³-hybridized carbons (Fsp3) is 0.222. The van der Waals surface area contributed by atoms with Crippen LogP contribution in [-0.4, -0.2) is 11.4 Å². The van der Waals surface area contributed by atoms with Crippen LogP contribution in [0.4, 0.5) is 28.4 Å². The van der Waals surface area contributed by atoms with Gasteiger partial charge in [-0.3, -0.25) is 0 Å². The standard InChI is InChI=1S/C72H62BN3OS2/c1-69(2,3)41-25-28-45(29-26-41)76-56-38-49-48-36-46(74(43-19-13-11-14-20-43)44-21-15-12-16-22-44)30-32-58(48)78-60(49)39-51(56)61-62-47-23-17-18-24-57(47)77-67(62)63-50-37-53-54(72(9,10)34-33-71(53,7)8)40-55(50)75-65-52-35-42(70(4,5)6)27-31-59(52)79-68(65)73(76)64(61)66(63)75/h11-32,35-40H,33-34H2,1-10H3. The van der Waals surface area contributed by atoms with Crippen LogP contribution in [0.5, 0.6) is 0 Å². The van der Waals surface area contributed by atoms with Crippen LogP contribution < -0.4 is 20.0 Å². The average Bonchev–Trinajstić information content (AvgIpc) is 2.70. The van der Waals surface area contributed by atoms with Crippen molar-refractivity contribution in [2.75, 3.05) is 9.71 Å². The van der Waals surface area contributed by atoms with E-state index in [9.17, 15) is 0 Å². The summed E-state index contributed by atoms with van der Waals surface area (Å²) >= 11 is 3.90. The van der Waals surface area contributed by atoms with E-state index in [4.69, 9.17) is 4.42 Å². The second kappa shape index (κ2) is 16.1. The van der Waals surface area contributed by atoms with Gasteiger partial charge in [0.05, 0.1) is 22.1 Å². The van der Waals surface area contributed by atoms with E-state index >= 15 is 0 Å². The van der Waals surface area contributed by atoms with Gasteiger partial charge in [0.1, 0.15) is 11.2 Å². The Morgan fingerprint density at radius 1 is 0.532 bits per heavy atom. The van der Waals surface area contributed by atoms with E-state index in [0.29, 0.717) is 0 Å². The van der Waals surface area contributed by atoms with E-state index < -0.39 is 0 Å². The van der Waals surface area contributed by atoms with Gasteiger partial charge >= 0.3 is 6.85 Å². The lowest BCUT2D eigenvalue weighted by Gasteiger charge is -2.42. The topological polar surface area (TPSA) is 24.6 Å². The molecule has 4 nitrogen and oxygen atoms in total. The first-order valence-corrected chi connectivity index (χ1v) is 29.9. The van der Waals surface area contributed by atoms with Gasteiger partial charge in [0.25, 0.3) is 0 Å². The molecule has 0 saturated heterocycles. The molecule has 6 heterocycles. The minimum absolute atomic E-state index is 0.00459. The molecular weight excluding hydrogens is 998 g/mol. The van der Waals surface area contributed by atoms with Crippen molar-refractivity contribution in [1.82, 2.24) is 4.57 Å². The molecule has 0 atom stereocenters. The summed E-state index contributed by atoms with van der Waals surface area (Å²) < 4.78 is 15.4. The molecule has 0 amide bonds. The van der Waals surface area contributed by atoms with Gasteiger partial charge in [0.15, 0.2) is 0 Å². The number of hydrogen-bond donors (Lipinski definition) is 0. The summed E-state index contributed by atoms with van der Waals surface area (Å²) in [6, 6.07) is 64.8. The van der Waals surface area contributed by atoms with Crippen molar-refractivity contribution in [2.45, 2.75) is 104 Å². The van der Waals surface area contributed by atoms with Gasteiger partial charge in [-0.15, -0.1) is 22.7 Å². The SMILES string of the molecule is CC(C)(C)c1ccc(N2B3c4sc5ccc(C(C)(C)C)cc5c4-n4c5cc6c(cc5c5c7oc8ccccc8c7c(c3c54)-c3cc4sc5ccc(N(c7ccccc7)c7ccccc7)cc5c4cc32)C(C)(C)CCC6(C)C)cc1. The van der Waals surface area contributed by atoms with Gasteiger partial charge in [-0.2, -0.15) is 0 Å². The zero-order valence-electron chi connectivity index (χ0n) is 46.7. The molecule has 79 heavy (non-hydrogen) atoms.